The van der Waals surface area contributed by atoms with E-state index in [1.54, 1.807) is 18.2 Å². The average molecular weight is 483 g/mol. The Morgan fingerprint density at radius 3 is 2.53 bits per heavy atom. The van der Waals surface area contributed by atoms with Crippen LogP contribution < -0.4 is 9.80 Å². The highest BCUT2D eigenvalue weighted by molar-refractivity contribution is 9.10. The first-order valence-corrected chi connectivity index (χ1v) is 10.2. The summed E-state index contributed by atoms with van der Waals surface area (Å²) < 4.78 is 38.8. The van der Waals surface area contributed by atoms with Gasteiger partial charge in [-0.2, -0.15) is 13.2 Å². The van der Waals surface area contributed by atoms with Crippen molar-refractivity contribution < 1.29 is 22.8 Å². The van der Waals surface area contributed by atoms with E-state index in [9.17, 15) is 22.8 Å². The second-order valence-electron chi connectivity index (χ2n) is 7.20. The minimum atomic E-state index is -4.41. The van der Waals surface area contributed by atoms with Crippen molar-refractivity contribution in [3.8, 4) is 0 Å². The van der Waals surface area contributed by atoms with Crippen molar-refractivity contribution in [1.29, 1.82) is 0 Å². The van der Waals surface area contributed by atoms with E-state index in [0.717, 1.165) is 18.7 Å². The Hall–Kier alpha value is -2.46. The summed E-state index contributed by atoms with van der Waals surface area (Å²) in [7, 11) is 0. The first-order valence-electron chi connectivity index (χ1n) is 9.41. The molecule has 158 valence electrons. The minimum Gasteiger partial charge on any atom is -0.355 e. The minimum absolute atomic E-state index is 0.280. The Labute approximate surface area is 179 Å². The van der Waals surface area contributed by atoms with Gasteiger partial charge in [0.2, 0.25) is 0 Å². The van der Waals surface area contributed by atoms with E-state index in [1.807, 2.05) is 4.90 Å². The summed E-state index contributed by atoms with van der Waals surface area (Å²) in [6, 6.07) is 7.68. The van der Waals surface area contributed by atoms with Crippen molar-refractivity contribution in [3.63, 3.8) is 0 Å². The molecule has 1 amide bonds. The highest BCUT2D eigenvalue weighted by atomic mass is 79.9. The maximum Gasteiger partial charge on any atom is 0.417 e. The van der Waals surface area contributed by atoms with Gasteiger partial charge in [0.15, 0.2) is 0 Å². The molecule has 3 heterocycles. The third kappa shape index (κ3) is 3.93. The molecule has 2 aromatic rings. The van der Waals surface area contributed by atoms with Gasteiger partial charge in [-0.1, -0.05) is 6.07 Å². The van der Waals surface area contributed by atoms with Gasteiger partial charge in [0.05, 0.1) is 23.5 Å². The van der Waals surface area contributed by atoms with Gasteiger partial charge < -0.3 is 4.90 Å². The van der Waals surface area contributed by atoms with E-state index < -0.39 is 23.4 Å². The van der Waals surface area contributed by atoms with Crippen LogP contribution in [-0.2, 0) is 11.0 Å². The number of rotatable bonds is 3. The average Bonchev–Trinajstić information content (AvgIpc) is 2.87. The lowest BCUT2D eigenvalue weighted by Crippen LogP contribution is -2.42. The van der Waals surface area contributed by atoms with Crippen molar-refractivity contribution in [1.82, 2.24) is 9.88 Å². The molecule has 0 spiro atoms. The molecule has 1 aromatic heterocycles. The van der Waals surface area contributed by atoms with Gasteiger partial charge in [-0.3, -0.25) is 19.4 Å². The standard InChI is InChI=1S/C20H18BrF3N4O2/c21-14-3-1-4-15-17(14)18(29)19(30)28(15)12-26-7-2-8-27(10-9-26)16-6-5-13(11-25-16)20(22,23)24/h1,3-6,11H,2,7-10,12H2. The SMILES string of the molecule is O=C1C(=O)N(CN2CCCN(c3ccc(C(F)(F)F)cn3)CC2)c2cccc(Br)c21. The fraction of sp³-hybridized carbons (Fsp3) is 0.350. The summed E-state index contributed by atoms with van der Waals surface area (Å²) in [4.78, 5) is 34.3. The molecule has 2 aliphatic rings. The predicted molar refractivity (Wildman–Crippen MR) is 108 cm³/mol. The number of anilines is 2. The van der Waals surface area contributed by atoms with Crippen LogP contribution in [0.1, 0.15) is 22.3 Å². The highest BCUT2D eigenvalue weighted by Crippen LogP contribution is 2.34. The normalized spacial score (nSPS) is 18.0. The van der Waals surface area contributed by atoms with E-state index in [1.165, 1.54) is 11.0 Å². The van der Waals surface area contributed by atoms with E-state index in [-0.39, 0.29) is 6.67 Å². The molecule has 30 heavy (non-hydrogen) atoms. The number of ketones is 1. The zero-order chi connectivity index (χ0) is 21.5. The van der Waals surface area contributed by atoms with Crippen molar-refractivity contribution >= 4 is 39.1 Å². The Morgan fingerprint density at radius 1 is 1.03 bits per heavy atom. The maximum atomic E-state index is 12.7. The van der Waals surface area contributed by atoms with Crippen LogP contribution in [-0.4, -0.2) is 54.4 Å². The second-order valence-corrected chi connectivity index (χ2v) is 8.05. The largest absolute Gasteiger partial charge is 0.417 e. The Balaban J connectivity index is 1.44. The molecule has 1 aromatic carbocycles. The summed E-state index contributed by atoms with van der Waals surface area (Å²) in [6.45, 7) is 2.76. The van der Waals surface area contributed by atoms with Crippen LogP contribution in [0.25, 0.3) is 0 Å². The van der Waals surface area contributed by atoms with Gasteiger partial charge in [-0.15, -0.1) is 0 Å². The number of nitrogens with zero attached hydrogens (tertiary/aromatic N) is 4. The molecule has 0 atom stereocenters. The first-order chi connectivity index (χ1) is 14.3. The lowest BCUT2D eigenvalue weighted by Gasteiger charge is -2.27. The zero-order valence-corrected chi connectivity index (χ0v) is 17.4. The van der Waals surface area contributed by atoms with Crippen LogP contribution in [0, 0.1) is 0 Å². The number of hydrogen-bond donors (Lipinski definition) is 0. The van der Waals surface area contributed by atoms with E-state index in [4.69, 9.17) is 0 Å². The number of fused-ring (bicyclic) bond motifs is 1. The van der Waals surface area contributed by atoms with Crippen molar-refractivity contribution in [2.24, 2.45) is 0 Å². The fourth-order valence-electron chi connectivity index (χ4n) is 3.72. The molecule has 10 heteroatoms. The number of carbonyl (C=O) groups is 2. The number of benzene rings is 1. The van der Waals surface area contributed by atoms with Crippen LogP contribution in [0.15, 0.2) is 41.0 Å². The summed E-state index contributed by atoms with van der Waals surface area (Å²) in [5, 5.41) is 0. The highest BCUT2D eigenvalue weighted by Gasteiger charge is 2.38. The Morgan fingerprint density at radius 2 is 1.83 bits per heavy atom. The number of hydrogen-bond acceptors (Lipinski definition) is 5. The quantitative estimate of drug-likeness (QED) is 0.626. The summed E-state index contributed by atoms with van der Waals surface area (Å²) in [5.74, 6) is -0.586. The third-order valence-corrected chi connectivity index (χ3v) is 5.94. The van der Waals surface area contributed by atoms with E-state index in [2.05, 4.69) is 25.8 Å². The summed E-state index contributed by atoms with van der Waals surface area (Å²) in [5.41, 5.74) is 0.197. The van der Waals surface area contributed by atoms with Crippen molar-refractivity contribution in [2.75, 3.05) is 42.6 Å². The van der Waals surface area contributed by atoms with Gasteiger partial charge >= 0.3 is 12.1 Å². The topological polar surface area (TPSA) is 56.8 Å². The Bertz CT molecular complexity index is 981. The molecular formula is C20H18BrF3N4O2. The molecule has 4 rings (SSSR count). The van der Waals surface area contributed by atoms with Crippen molar-refractivity contribution in [3.05, 3.63) is 52.1 Å². The van der Waals surface area contributed by atoms with Crippen LogP contribution >= 0.6 is 15.9 Å². The van der Waals surface area contributed by atoms with Gasteiger partial charge in [0, 0.05) is 36.8 Å². The second kappa shape index (κ2) is 7.99. The molecule has 0 radical (unpaired) electrons. The van der Waals surface area contributed by atoms with Gasteiger partial charge in [-0.05, 0) is 46.6 Å². The monoisotopic (exact) mass is 482 g/mol. The lowest BCUT2D eigenvalue weighted by molar-refractivity contribution is -0.137. The third-order valence-electron chi connectivity index (χ3n) is 5.28. The zero-order valence-electron chi connectivity index (χ0n) is 15.8. The Kier molecular flexibility index (Phi) is 5.54. The number of pyridine rings is 1. The summed E-state index contributed by atoms with van der Waals surface area (Å²) in [6.07, 6.45) is -2.81. The number of alkyl halides is 3. The predicted octanol–water partition coefficient (Wildman–Crippen LogP) is 3.56. The van der Waals surface area contributed by atoms with Crippen LogP contribution in [0.3, 0.4) is 0 Å². The van der Waals surface area contributed by atoms with Crippen LogP contribution in [0.4, 0.5) is 24.7 Å². The molecule has 2 aliphatic heterocycles. The van der Waals surface area contributed by atoms with Crippen molar-refractivity contribution in [2.45, 2.75) is 12.6 Å². The smallest absolute Gasteiger partial charge is 0.355 e. The van der Waals surface area contributed by atoms with E-state index >= 15 is 0 Å². The molecule has 0 bridgehead atoms. The van der Waals surface area contributed by atoms with E-state index in [0.29, 0.717) is 47.7 Å². The number of aromatic nitrogens is 1. The molecule has 1 fully saturated rings. The lowest BCUT2D eigenvalue weighted by atomic mass is 10.1. The molecular weight excluding hydrogens is 465 g/mol. The molecule has 0 aliphatic carbocycles. The molecule has 0 saturated carbocycles. The molecule has 6 nitrogen and oxygen atoms in total. The number of amides is 1. The molecule has 0 N–H and O–H groups in total. The summed E-state index contributed by atoms with van der Waals surface area (Å²) >= 11 is 3.33. The number of halogens is 4. The van der Waals surface area contributed by atoms with Crippen LogP contribution in [0.2, 0.25) is 0 Å². The molecule has 0 unspecified atom stereocenters. The first kappa shape index (κ1) is 20.8. The van der Waals surface area contributed by atoms with Gasteiger partial charge in [0.1, 0.15) is 5.82 Å². The van der Waals surface area contributed by atoms with Gasteiger partial charge in [0.25, 0.3) is 5.78 Å². The van der Waals surface area contributed by atoms with Crippen LogP contribution in [0.5, 0.6) is 0 Å². The van der Waals surface area contributed by atoms with Gasteiger partial charge in [-0.25, -0.2) is 4.98 Å². The fourth-order valence-corrected chi connectivity index (χ4v) is 4.26. The molecule has 1 saturated heterocycles. The number of Topliss-reactive ketones (excluding diaryl/α,β-unsaturated/α-hetero) is 1. The number of carbonyl (C=O) groups excluding carboxylic acids is 2. The maximum absolute atomic E-state index is 12.7.